The van der Waals surface area contributed by atoms with Crippen LogP contribution in [0.25, 0.3) is 0 Å². The molecule has 2 N–H and O–H groups in total. The number of benzene rings is 1. The molecule has 0 aliphatic rings. The molecular formula is C14H22FNO2. The van der Waals surface area contributed by atoms with Crippen molar-refractivity contribution in [3.05, 3.63) is 29.6 Å². The predicted octanol–water partition coefficient (Wildman–Crippen LogP) is 3.04. The summed E-state index contributed by atoms with van der Waals surface area (Å²) in [4.78, 5) is 0. The Balaban J connectivity index is 2.57. The van der Waals surface area contributed by atoms with Crippen LogP contribution in [0.2, 0.25) is 0 Å². The molecule has 0 fully saturated rings. The first-order chi connectivity index (χ1) is 8.35. The van der Waals surface area contributed by atoms with Crippen LogP contribution < -0.4 is 10.5 Å². The molecule has 0 radical (unpaired) electrons. The third kappa shape index (κ3) is 4.27. The average molecular weight is 255 g/mol. The number of halogens is 1. The zero-order valence-electron chi connectivity index (χ0n) is 11.5. The van der Waals surface area contributed by atoms with Crippen LogP contribution in [0.15, 0.2) is 18.2 Å². The van der Waals surface area contributed by atoms with Crippen LogP contribution in [0.4, 0.5) is 4.39 Å². The van der Waals surface area contributed by atoms with E-state index < -0.39 is 0 Å². The van der Waals surface area contributed by atoms with Gasteiger partial charge in [-0.05, 0) is 26.8 Å². The highest BCUT2D eigenvalue weighted by Crippen LogP contribution is 2.21. The summed E-state index contributed by atoms with van der Waals surface area (Å²) in [6, 6.07) is 4.46. The van der Waals surface area contributed by atoms with Gasteiger partial charge >= 0.3 is 0 Å². The molecule has 0 bridgehead atoms. The topological polar surface area (TPSA) is 44.5 Å². The lowest BCUT2D eigenvalue weighted by atomic mass is 10.1. The minimum atomic E-state index is -0.325. The summed E-state index contributed by atoms with van der Waals surface area (Å²) < 4.78 is 24.4. The van der Waals surface area contributed by atoms with Crippen molar-refractivity contribution in [2.24, 2.45) is 5.73 Å². The van der Waals surface area contributed by atoms with Crippen LogP contribution in [0.5, 0.6) is 5.75 Å². The van der Waals surface area contributed by atoms with E-state index in [1.807, 2.05) is 13.8 Å². The molecule has 1 aromatic rings. The van der Waals surface area contributed by atoms with Crippen LogP contribution in [-0.4, -0.2) is 19.3 Å². The van der Waals surface area contributed by atoms with Gasteiger partial charge in [-0.3, -0.25) is 0 Å². The number of nitrogens with two attached hydrogens (primary N) is 1. The predicted molar refractivity (Wildman–Crippen MR) is 70.2 cm³/mol. The van der Waals surface area contributed by atoms with Gasteiger partial charge in [-0.15, -0.1) is 0 Å². The van der Waals surface area contributed by atoms with E-state index in [9.17, 15) is 4.39 Å². The van der Waals surface area contributed by atoms with Gasteiger partial charge in [0, 0.05) is 31.2 Å². The molecule has 0 saturated carbocycles. The summed E-state index contributed by atoms with van der Waals surface area (Å²) in [6.45, 7) is 6.20. The molecule has 1 aromatic carbocycles. The van der Waals surface area contributed by atoms with E-state index in [0.717, 1.165) is 6.42 Å². The monoisotopic (exact) mass is 255 g/mol. The summed E-state index contributed by atoms with van der Waals surface area (Å²) >= 11 is 0. The summed E-state index contributed by atoms with van der Waals surface area (Å²) in [5.74, 6) is 0.192. The molecule has 3 nitrogen and oxygen atoms in total. The third-order valence-electron chi connectivity index (χ3n) is 2.99. The number of methoxy groups -OCH3 is 1. The fourth-order valence-corrected chi connectivity index (χ4v) is 1.48. The van der Waals surface area contributed by atoms with Gasteiger partial charge in [-0.2, -0.15) is 0 Å². The van der Waals surface area contributed by atoms with E-state index in [-0.39, 0.29) is 17.5 Å². The highest BCUT2D eigenvalue weighted by Gasteiger charge is 2.16. The fraction of sp³-hybridized carbons (Fsp3) is 0.571. The lowest BCUT2D eigenvalue weighted by Gasteiger charge is -2.22. The van der Waals surface area contributed by atoms with Crippen molar-refractivity contribution in [1.29, 1.82) is 0 Å². The van der Waals surface area contributed by atoms with E-state index in [2.05, 4.69) is 0 Å². The molecule has 1 atom stereocenters. The van der Waals surface area contributed by atoms with Crippen molar-refractivity contribution in [2.75, 3.05) is 13.7 Å². The molecule has 4 heteroatoms. The van der Waals surface area contributed by atoms with E-state index in [1.54, 1.807) is 26.2 Å². The van der Waals surface area contributed by atoms with Crippen LogP contribution in [0.3, 0.4) is 0 Å². The van der Waals surface area contributed by atoms with Crippen molar-refractivity contribution >= 4 is 0 Å². The molecule has 102 valence electrons. The molecule has 0 aromatic heterocycles. The van der Waals surface area contributed by atoms with Gasteiger partial charge in [0.1, 0.15) is 11.6 Å². The van der Waals surface area contributed by atoms with Gasteiger partial charge in [0.05, 0.1) is 12.2 Å². The van der Waals surface area contributed by atoms with Crippen molar-refractivity contribution < 1.29 is 13.9 Å². The van der Waals surface area contributed by atoms with Crippen molar-refractivity contribution in [2.45, 2.75) is 38.8 Å². The van der Waals surface area contributed by atoms with E-state index in [1.165, 1.54) is 6.07 Å². The maximum Gasteiger partial charge on any atom is 0.131 e. The first-order valence-electron chi connectivity index (χ1n) is 6.09. The van der Waals surface area contributed by atoms with Gasteiger partial charge in [0.25, 0.3) is 0 Å². The second-order valence-electron chi connectivity index (χ2n) is 5.03. The maximum absolute atomic E-state index is 13.6. The van der Waals surface area contributed by atoms with Gasteiger partial charge in [0.15, 0.2) is 0 Å². The maximum atomic E-state index is 13.6. The second-order valence-corrected chi connectivity index (χ2v) is 5.03. The Morgan fingerprint density at radius 3 is 2.56 bits per heavy atom. The normalized spacial score (nSPS) is 13.4. The van der Waals surface area contributed by atoms with Gasteiger partial charge < -0.3 is 15.2 Å². The van der Waals surface area contributed by atoms with Crippen molar-refractivity contribution in [1.82, 2.24) is 0 Å². The van der Waals surface area contributed by atoms with E-state index in [4.69, 9.17) is 15.2 Å². The number of rotatable bonds is 6. The molecule has 0 saturated heterocycles. The Morgan fingerprint density at radius 1 is 1.39 bits per heavy atom. The zero-order chi connectivity index (χ0) is 13.8. The van der Waals surface area contributed by atoms with Gasteiger partial charge in [-0.25, -0.2) is 4.39 Å². The van der Waals surface area contributed by atoms with E-state index >= 15 is 0 Å². The fourth-order valence-electron chi connectivity index (χ4n) is 1.48. The third-order valence-corrected chi connectivity index (χ3v) is 2.99. The lowest BCUT2D eigenvalue weighted by Crippen LogP contribution is -2.25. The molecule has 0 heterocycles. The smallest absolute Gasteiger partial charge is 0.131 e. The summed E-state index contributed by atoms with van der Waals surface area (Å²) in [5.41, 5.74) is 5.91. The van der Waals surface area contributed by atoms with Crippen LogP contribution in [-0.2, 0) is 4.74 Å². The first kappa shape index (κ1) is 14.9. The molecule has 0 amide bonds. The van der Waals surface area contributed by atoms with E-state index in [0.29, 0.717) is 17.9 Å². The van der Waals surface area contributed by atoms with Gasteiger partial charge in [0.2, 0.25) is 0 Å². The number of ether oxygens (including phenoxy) is 2. The standard InChI is InChI=1S/C14H22FNO2/c1-10(16)12-6-5-11(9-13(12)15)18-8-7-14(2,3)17-4/h5-6,9-10H,7-8,16H2,1-4H3/t10-/m1/s1. The molecule has 0 spiro atoms. The second kappa shape index (κ2) is 6.16. The Kier molecular flexibility index (Phi) is 5.11. The Bertz CT molecular complexity index is 391. The highest BCUT2D eigenvalue weighted by molar-refractivity contribution is 5.30. The van der Waals surface area contributed by atoms with Gasteiger partial charge in [-0.1, -0.05) is 6.07 Å². The Hall–Kier alpha value is -1.13. The Morgan fingerprint density at radius 2 is 2.06 bits per heavy atom. The number of hydrogen-bond donors (Lipinski definition) is 1. The average Bonchev–Trinajstić information content (AvgIpc) is 2.28. The summed E-state index contributed by atoms with van der Waals surface area (Å²) in [5, 5.41) is 0. The molecule has 0 unspecified atom stereocenters. The lowest BCUT2D eigenvalue weighted by molar-refractivity contribution is 0.00544. The number of hydrogen-bond acceptors (Lipinski definition) is 3. The quantitative estimate of drug-likeness (QED) is 0.849. The first-order valence-corrected chi connectivity index (χ1v) is 6.09. The highest BCUT2D eigenvalue weighted by atomic mass is 19.1. The van der Waals surface area contributed by atoms with Crippen LogP contribution in [0, 0.1) is 5.82 Å². The molecule has 0 aliphatic heterocycles. The summed E-state index contributed by atoms with van der Waals surface area (Å²) in [7, 11) is 1.66. The molecule has 0 aliphatic carbocycles. The van der Waals surface area contributed by atoms with Crippen LogP contribution >= 0.6 is 0 Å². The summed E-state index contributed by atoms with van der Waals surface area (Å²) in [6.07, 6.45) is 0.736. The zero-order valence-corrected chi connectivity index (χ0v) is 11.5. The molecular weight excluding hydrogens is 233 g/mol. The SMILES string of the molecule is COC(C)(C)CCOc1ccc([C@@H](C)N)c(F)c1. The largest absolute Gasteiger partial charge is 0.493 e. The van der Waals surface area contributed by atoms with Crippen LogP contribution in [0.1, 0.15) is 38.8 Å². The van der Waals surface area contributed by atoms with Crippen molar-refractivity contribution in [3.63, 3.8) is 0 Å². The van der Waals surface area contributed by atoms with Crippen molar-refractivity contribution in [3.8, 4) is 5.75 Å². The minimum Gasteiger partial charge on any atom is -0.493 e. The molecule has 1 rings (SSSR count). The Labute approximate surface area is 108 Å². The minimum absolute atomic E-state index is 0.232. The molecule has 18 heavy (non-hydrogen) atoms.